The number of methoxy groups -OCH3 is 1. The van der Waals surface area contributed by atoms with E-state index in [4.69, 9.17) is 4.74 Å². The van der Waals surface area contributed by atoms with Crippen LogP contribution in [0, 0.1) is 12.8 Å². The van der Waals surface area contributed by atoms with Crippen molar-refractivity contribution >= 4 is 11.8 Å². The summed E-state index contributed by atoms with van der Waals surface area (Å²) in [7, 11) is 1.71. The predicted octanol–water partition coefficient (Wildman–Crippen LogP) is 4.49. The second-order valence-corrected chi connectivity index (χ2v) is 11.9. The minimum Gasteiger partial charge on any atom is -0.497 e. The molecule has 2 saturated heterocycles. The smallest absolute Gasteiger partial charge is 0.254 e. The summed E-state index contributed by atoms with van der Waals surface area (Å²) >= 11 is 0. The first-order valence-corrected chi connectivity index (χ1v) is 15.3. The van der Waals surface area contributed by atoms with Crippen LogP contribution in [0.15, 0.2) is 48.5 Å². The standard InChI is InChI=1S/C33H46N4O3/c1-25-12-14-28(15-13-25)32(38)37-24-29(21-31(37)33(39)35-18-7-16-34-17-19-35)36(22-26-8-4-3-5-9-26)23-27-10-6-11-30(20-27)40-2/h6,10-15,20,26,29,31,34H,3-5,7-9,16-19,21-24H2,1-2H3. The van der Waals surface area contributed by atoms with Crippen LogP contribution in [0.25, 0.3) is 0 Å². The molecule has 2 aromatic rings. The molecule has 7 heteroatoms. The van der Waals surface area contributed by atoms with Gasteiger partial charge in [-0.15, -0.1) is 0 Å². The zero-order chi connectivity index (χ0) is 27.9. The lowest BCUT2D eigenvalue weighted by Crippen LogP contribution is -2.48. The molecule has 2 aromatic carbocycles. The molecule has 0 bridgehead atoms. The van der Waals surface area contributed by atoms with E-state index in [1.54, 1.807) is 7.11 Å². The zero-order valence-electron chi connectivity index (χ0n) is 24.3. The third kappa shape index (κ3) is 7.05. The Morgan fingerprint density at radius 3 is 2.58 bits per heavy atom. The first-order chi connectivity index (χ1) is 19.5. The number of likely N-dealkylation sites (tertiary alicyclic amines) is 1. The summed E-state index contributed by atoms with van der Waals surface area (Å²) in [4.78, 5) is 34.4. The Bertz CT molecular complexity index is 1120. The highest BCUT2D eigenvalue weighted by atomic mass is 16.5. The second-order valence-electron chi connectivity index (χ2n) is 11.9. The van der Waals surface area contributed by atoms with Crippen molar-refractivity contribution in [1.82, 2.24) is 20.0 Å². The van der Waals surface area contributed by atoms with Gasteiger partial charge in [0.2, 0.25) is 5.91 Å². The molecule has 2 atom stereocenters. The van der Waals surface area contributed by atoms with Gasteiger partial charge in [0.05, 0.1) is 7.11 Å². The molecular weight excluding hydrogens is 500 g/mol. The molecule has 216 valence electrons. The van der Waals surface area contributed by atoms with E-state index >= 15 is 0 Å². The average molecular weight is 547 g/mol. The molecule has 1 saturated carbocycles. The maximum absolute atomic E-state index is 14.0. The Kier molecular flexibility index (Phi) is 9.76. The Morgan fingerprint density at radius 1 is 1.00 bits per heavy atom. The molecule has 2 aliphatic heterocycles. The molecule has 3 fully saturated rings. The van der Waals surface area contributed by atoms with Crippen LogP contribution in [0.3, 0.4) is 0 Å². The summed E-state index contributed by atoms with van der Waals surface area (Å²) in [6, 6.07) is 15.8. The van der Waals surface area contributed by atoms with Crippen LogP contribution in [-0.2, 0) is 11.3 Å². The van der Waals surface area contributed by atoms with Crippen LogP contribution >= 0.6 is 0 Å². The van der Waals surface area contributed by atoms with Gasteiger partial charge in [-0.05, 0) is 74.9 Å². The molecule has 0 aromatic heterocycles. The van der Waals surface area contributed by atoms with E-state index < -0.39 is 6.04 Å². The van der Waals surface area contributed by atoms with Crippen molar-refractivity contribution in [3.63, 3.8) is 0 Å². The molecule has 0 spiro atoms. The monoisotopic (exact) mass is 546 g/mol. The van der Waals surface area contributed by atoms with Crippen LogP contribution in [0.2, 0.25) is 0 Å². The van der Waals surface area contributed by atoms with Crippen molar-refractivity contribution in [2.24, 2.45) is 5.92 Å². The van der Waals surface area contributed by atoms with Gasteiger partial charge >= 0.3 is 0 Å². The molecule has 1 N–H and O–H groups in total. The fourth-order valence-corrected chi connectivity index (χ4v) is 6.73. The van der Waals surface area contributed by atoms with Gasteiger partial charge in [0, 0.05) is 50.9 Å². The summed E-state index contributed by atoms with van der Waals surface area (Å²) in [5, 5.41) is 3.40. The molecule has 5 rings (SSSR count). The van der Waals surface area contributed by atoms with Crippen molar-refractivity contribution in [2.45, 2.75) is 70.5 Å². The topological polar surface area (TPSA) is 65.1 Å². The summed E-state index contributed by atoms with van der Waals surface area (Å²) in [6.07, 6.45) is 8.06. The summed E-state index contributed by atoms with van der Waals surface area (Å²) in [6.45, 7) is 7.57. The van der Waals surface area contributed by atoms with E-state index in [1.165, 1.54) is 37.7 Å². The Labute approximate surface area is 239 Å². The van der Waals surface area contributed by atoms with Crippen LogP contribution in [0.1, 0.15) is 66.4 Å². The highest BCUT2D eigenvalue weighted by molar-refractivity contribution is 5.98. The van der Waals surface area contributed by atoms with Crippen molar-refractivity contribution < 1.29 is 14.3 Å². The molecule has 3 aliphatic rings. The molecule has 1 aliphatic carbocycles. The number of rotatable bonds is 8. The molecule has 2 amide bonds. The van der Waals surface area contributed by atoms with Gasteiger partial charge in [0.25, 0.3) is 5.91 Å². The Hall–Kier alpha value is -2.90. The molecule has 40 heavy (non-hydrogen) atoms. The van der Waals surface area contributed by atoms with Gasteiger partial charge in [-0.1, -0.05) is 49.1 Å². The number of carbonyl (C=O) groups excluding carboxylic acids is 2. The first-order valence-electron chi connectivity index (χ1n) is 15.3. The minimum absolute atomic E-state index is 0.0345. The van der Waals surface area contributed by atoms with Crippen molar-refractivity contribution in [3.8, 4) is 5.75 Å². The van der Waals surface area contributed by atoms with Gasteiger partial charge in [-0.2, -0.15) is 0 Å². The number of hydrogen-bond acceptors (Lipinski definition) is 5. The van der Waals surface area contributed by atoms with E-state index in [9.17, 15) is 9.59 Å². The predicted molar refractivity (Wildman–Crippen MR) is 158 cm³/mol. The van der Waals surface area contributed by atoms with Crippen LogP contribution in [0.5, 0.6) is 5.75 Å². The van der Waals surface area contributed by atoms with E-state index in [0.29, 0.717) is 31.0 Å². The largest absolute Gasteiger partial charge is 0.497 e. The van der Waals surface area contributed by atoms with E-state index in [2.05, 4.69) is 28.4 Å². The molecular formula is C33H46N4O3. The summed E-state index contributed by atoms with van der Waals surface area (Å²) in [5.74, 6) is 1.59. The first kappa shape index (κ1) is 28.6. The maximum atomic E-state index is 14.0. The molecule has 2 heterocycles. The highest BCUT2D eigenvalue weighted by Crippen LogP contribution is 2.31. The number of carbonyl (C=O) groups is 2. The Morgan fingerprint density at radius 2 is 1.80 bits per heavy atom. The van der Waals surface area contributed by atoms with Gasteiger partial charge < -0.3 is 19.9 Å². The maximum Gasteiger partial charge on any atom is 0.254 e. The van der Waals surface area contributed by atoms with Crippen LogP contribution in [-0.4, -0.2) is 85.0 Å². The number of nitrogens with zero attached hydrogens (tertiary/aromatic N) is 3. The second kappa shape index (κ2) is 13.6. The number of aryl methyl sites for hydroxylation is 1. The third-order valence-corrected chi connectivity index (χ3v) is 9.03. The van der Waals surface area contributed by atoms with Crippen molar-refractivity contribution in [2.75, 3.05) is 46.4 Å². The lowest BCUT2D eigenvalue weighted by Gasteiger charge is -2.34. The fraction of sp³-hybridized carbons (Fsp3) is 0.576. The number of amides is 2. The van der Waals surface area contributed by atoms with Gasteiger partial charge in [0.15, 0.2) is 0 Å². The van der Waals surface area contributed by atoms with Gasteiger partial charge in [0.1, 0.15) is 11.8 Å². The SMILES string of the molecule is COc1cccc(CN(CC2CCCCC2)C2CC(C(=O)N3CCCNCC3)N(C(=O)c3ccc(C)cc3)C2)c1. The third-order valence-electron chi connectivity index (χ3n) is 9.03. The highest BCUT2D eigenvalue weighted by Gasteiger charge is 2.44. The van der Waals surface area contributed by atoms with Crippen molar-refractivity contribution in [1.29, 1.82) is 0 Å². The number of ether oxygens (including phenoxy) is 1. The zero-order valence-corrected chi connectivity index (χ0v) is 24.3. The summed E-state index contributed by atoms with van der Waals surface area (Å²) in [5.41, 5.74) is 2.99. The molecule has 2 unspecified atom stereocenters. The molecule has 0 radical (unpaired) electrons. The van der Waals surface area contributed by atoms with Crippen LogP contribution in [0.4, 0.5) is 0 Å². The summed E-state index contributed by atoms with van der Waals surface area (Å²) < 4.78 is 5.52. The van der Waals surface area contributed by atoms with Crippen LogP contribution < -0.4 is 10.1 Å². The Balaban J connectivity index is 1.42. The average Bonchev–Trinajstić information content (AvgIpc) is 3.25. The number of benzene rings is 2. The number of nitrogens with one attached hydrogen (secondary N) is 1. The lowest BCUT2D eigenvalue weighted by molar-refractivity contribution is -0.135. The fourth-order valence-electron chi connectivity index (χ4n) is 6.73. The van der Waals surface area contributed by atoms with E-state index in [1.807, 2.05) is 47.1 Å². The lowest BCUT2D eigenvalue weighted by atomic mass is 9.88. The normalized spacial score (nSPS) is 22.4. The van der Waals surface area contributed by atoms with Gasteiger partial charge in [-0.3, -0.25) is 14.5 Å². The van der Waals surface area contributed by atoms with E-state index in [0.717, 1.165) is 50.5 Å². The molecule has 7 nitrogen and oxygen atoms in total. The van der Waals surface area contributed by atoms with Crippen molar-refractivity contribution in [3.05, 3.63) is 65.2 Å². The van der Waals surface area contributed by atoms with Gasteiger partial charge in [-0.25, -0.2) is 0 Å². The number of hydrogen-bond donors (Lipinski definition) is 1. The quantitative estimate of drug-likeness (QED) is 0.529. The minimum atomic E-state index is -0.434. The van der Waals surface area contributed by atoms with E-state index in [-0.39, 0.29) is 17.9 Å².